The van der Waals surface area contributed by atoms with E-state index in [0.29, 0.717) is 22.4 Å². The molecule has 1 amide bonds. The van der Waals surface area contributed by atoms with Crippen molar-refractivity contribution in [1.82, 2.24) is 10.2 Å². The van der Waals surface area contributed by atoms with Gasteiger partial charge in [-0.05, 0) is 40.4 Å². The van der Waals surface area contributed by atoms with Gasteiger partial charge in [0.2, 0.25) is 0 Å². The molecule has 0 radical (unpaired) electrons. The average molecular weight is 285 g/mol. The lowest BCUT2D eigenvalue weighted by molar-refractivity contribution is 0.0703. The van der Waals surface area contributed by atoms with Gasteiger partial charge in [0.15, 0.2) is 10.4 Å². The van der Waals surface area contributed by atoms with Crippen molar-refractivity contribution in [3.63, 3.8) is 0 Å². The molecule has 0 aliphatic carbocycles. The molecule has 0 aromatic carbocycles. The maximum Gasteiger partial charge on any atom is 0.289 e. The van der Waals surface area contributed by atoms with Gasteiger partial charge in [0, 0.05) is 25.7 Å². The summed E-state index contributed by atoms with van der Waals surface area (Å²) >= 11 is 3.22. The highest BCUT2D eigenvalue weighted by molar-refractivity contribution is 9.10. The molecule has 3 rings (SSSR count). The first-order valence-corrected chi connectivity index (χ1v) is 6.32. The molecule has 4 nitrogen and oxygen atoms in total. The summed E-state index contributed by atoms with van der Waals surface area (Å²) in [5, 5.41) is 3.33. The normalized spacial score (nSPS) is 28.4. The Kier molecular flexibility index (Phi) is 2.52. The summed E-state index contributed by atoms with van der Waals surface area (Å²) in [6.45, 7) is 2.81. The predicted octanol–water partition coefficient (Wildman–Crippen LogP) is 1.48. The largest absolute Gasteiger partial charge is 0.444 e. The van der Waals surface area contributed by atoms with Gasteiger partial charge in [-0.2, -0.15) is 0 Å². The summed E-state index contributed by atoms with van der Waals surface area (Å²) < 4.78 is 5.92. The van der Waals surface area contributed by atoms with Crippen molar-refractivity contribution < 1.29 is 9.21 Å². The van der Waals surface area contributed by atoms with E-state index in [2.05, 4.69) is 21.2 Å². The highest BCUT2D eigenvalue weighted by atomic mass is 79.9. The standard InChI is InChI=1S/C11H13BrN2O2/c12-10-2-1-9(16-10)11(15)14-4-3-7-5-13-6-8(7)14/h1-2,7-8,13H,3-6H2/t7-,8+/m0/s1. The van der Waals surface area contributed by atoms with Crippen LogP contribution in [0, 0.1) is 5.92 Å². The minimum atomic E-state index is 0.0156. The van der Waals surface area contributed by atoms with Crippen LogP contribution in [0.4, 0.5) is 0 Å². The summed E-state index contributed by atoms with van der Waals surface area (Å²) in [5.41, 5.74) is 0. The zero-order valence-electron chi connectivity index (χ0n) is 8.78. The number of amides is 1. The van der Waals surface area contributed by atoms with Gasteiger partial charge < -0.3 is 14.6 Å². The molecular weight excluding hydrogens is 272 g/mol. The topological polar surface area (TPSA) is 45.5 Å². The summed E-state index contributed by atoms with van der Waals surface area (Å²) in [6.07, 6.45) is 1.10. The van der Waals surface area contributed by atoms with Crippen LogP contribution in [0.1, 0.15) is 17.0 Å². The number of hydrogen-bond acceptors (Lipinski definition) is 3. The van der Waals surface area contributed by atoms with Crippen molar-refractivity contribution in [3.05, 3.63) is 22.6 Å². The lowest BCUT2D eigenvalue weighted by atomic mass is 10.1. The fourth-order valence-corrected chi connectivity index (χ4v) is 2.98. The Balaban J connectivity index is 1.80. The Morgan fingerprint density at radius 2 is 2.38 bits per heavy atom. The molecule has 0 unspecified atom stereocenters. The molecule has 0 spiro atoms. The molecule has 86 valence electrons. The Hall–Kier alpha value is -0.810. The van der Waals surface area contributed by atoms with Crippen LogP contribution in [0.5, 0.6) is 0 Å². The molecule has 5 heteroatoms. The van der Waals surface area contributed by atoms with Crippen LogP contribution in [0.25, 0.3) is 0 Å². The molecule has 0 saturated carbocycles. The smallest absolute Gasteiger partial charge is 0.289 e. The van der Waals surface area contributed by atoms with Crippen molar-refractivity contribution in [1.29, 1.82) is 0 Å². The molecule has 0 bridgehead atoms. The van der Waals surface area contributed by atoms with E-state index in [4.69, 9.17) is 4.42 Å². The van der Waals surface area contributed by atoms with Crippen molar-refractivity contribution in [2.24, 2.45) is 5.92 Å². The number of hydrogen-bond donors (Lipinski definition) is 1. The number of nitrogens with one attached hydrogen (secondary N) is 1. The summed E-state index contributed by atoms with van der Waals surface area (Å²) in [4.78, 5) is 14.1. The fraction of sp³-hybridized carbons (Fsp3) is 0.545. The van der Waals surface area contributed by atoms with Crippen LogP contribution in [0.2, 0.25) is 0 Å². The molecular formula is C11H13BrN2O2. The Morgan fingerprint density at radius 3 is 3.12 bits per heavy atom. The molecule has 1 N–H and O–H groups in total. The number of fused-ring (bicyclic) bond motifs is 1. The quantitative estimate of drug-likeness (QED) is 0.850. The second-order valence-corrected chi connectivity index (χ2v) is 5.16. The zero-order chi connectivity index (χ0) is 11.1. The third-order valence-corrected chi connectivity index (χ3v) is 3.92. The van der Waals surface area contributed by atoms with Crippen molar-refractivity contribution in [2.45, 2.75) is 12.5 Å². The van der Waals surface area contributed by atoms with Crippen molar-refractivity contribution >= 4 is 21.8 Å². The van der Waals surface area contributed by atoms with Crippen LogP contribution in [-0.2, 0) is 0 Å². The van der Waals surface area contributed by atoms with Gasteiger partial charge >= 0.3 is 0 Å². The lowest BCUT2D eigenvalue weighted by Gasteiger charge is -2.22. The van der Waals surface area contributed by atoms with Crippen LogP contribution >= 0.6 is 15.9 Å². The maximum absolute atomic E-state index is 12.2. The highest BCUT2D eigenvalue weighted by Crippen LogP contribution is 2.29. The maximum atomic E-state index is 12.2. The summed E-state index contributed by atoms with van der Waals surface area (Å²) in [5.74, 6) is 1.07. The molecule has 1 aromatic heterocycles. The minimum absolute atomic E-state index is 0.0156. The van der Waals surface area contributed by atoms with E-state index < -0.39 is 0 Å². The number of rotatable bonds is 1. The molecule has 2 fully saturated rings. The van der Waals surface area contributed by atoms with E-state index in [9.17, 15) is 4.79 Å². The molecule has 16 heavy (non-hydrogen) atoms. The Morgan fingerprint density at radius 1 is 1.50 bits per heavy atom. The second kappa shape index (κ2) is 3.89. The Labute approximate surface area is 102 Å². The number of likely N-dealkylation sites (tertiary alicyclic amines) is 1. The molecule has 2 aliphatic rings. The summed E-state index contributed by atoms with van der Waals surface area (Å²) in [7, 11) is 0. The van der Waals surface area contributed by atoms with E-state index in [1.807, 2.05) is 4.90 Å². The number of nitrogens with zero attached hydrogens (tertiary/aromatic N) is 1. The van der Waals surface area contributed by atoms with E-state index in [-0.39, 0.29) is 5.91 Å². The van der Waals surface area contributed by atoms with Gasteiger partial charge in [0.05, 0.1) is 0 Å². The first-order chi connectivity index (χ1) is 7.75. The average Bonchev–Trinajstić information content (AvgIpc) is 2.90. The van der Waals surface area contributed by atoms with Gasteiger partial charge in [0.25, 0.3) is 5.91 Å². The SMILES string of the molecule is O=C(c1ccc(Br)o1)N1CC[C@H]2CNC[C@H]21. The predicted molar refractivity (Wildman–Crippen MR) is 62.2 cm³/mol. The van der Waals surface area contributed by atoms with E-state index in [0.717, 1.165) is 26.1 Å². The van der Waals surface area contributed by atoms with E-state index in [1.54, 1.807) is 12.1 Å². The highest BCUT2D eigenvalue weighted by Gasteiger charge is 2.40. The second-order valence-electron chi connectivity index (χ2n) is 4.38. The van der Waals surface area contributed by atoms with E-state index >= 15 is 0 Å². The van der Waals surface area contributed by atoms with Gasteiger partial charge in [0.1, 0.15) is 0 Å². The Bertz CT molecular complexity index is 418. The first kappa shape index (κ1) is 10.4. The monoisotopic (exact) mass is 284 g/mol. The van der Waals surface area contributed by atoms with Crippen LogP contribution in [0.3, 0.4) is 0 Å². The zero-order valence-corrected chi connectivity index (χ0v) is 10.4. The number of carbonyl (C=O) groups excluding carboxylic acids is 1. The number of halogens is 1. The molecule has 3 heterocycles. The first-order valence-electron chi connectivity index (χ1n) is 5.53. The molecule has 2 aliphatic heterocycles. The van der Waals surface area contributed by atoms with Gasteiger partial charge in [-0.25, -0.2) is 0 Å². The van der Waals surface area contributed by atoms with Crippen LogP contribution in [-0.4, -0.2) is 36.5 Å². The van der Waals surface area contributed by atoms with Crippen LogP contribution < -0.4 is 5.32 Å². The molecule has 1 aromatic rings. The third-order valence-electron chi connectivity index (χ3n) is 3.49. The van der Waals surface area contributed by atoms with Gasteiger partial charge in [-0.15, -0.1) is 0 Å². The van der Waals surface area contributed by atoms with Gasteiger partial charge in [-0.1, -0.05) is 0 Å². The molecule has 2 saturated heterocycles. The summed E-state index contributed by atoms with van der Waals surface area (Å²) in [6, 6.07) is 3.84. The van der Waals surface area contributed by atoms with Gasteiger partial charge in [-0.3, -0.25) is 4.79 Å². The van der Waals surface area contributed by atoms with Crippen molar-refractivity contribution in [3.8, 4) is 0 Å². The number of furan rings is 1. The number of carbonyl (C=O) groups is 1. The van der Waals surface area contributed by atoms with E-state index in [1.165, 1.54) is 0 Å². The fourth-order valence-electron chi connectivity index (χ4n) is 2.67. The third kappa shape index (κ3) is 1.58. The molecule has 2 atom stereocenters. The van der Waals surface area contributed by atoms with Crippen LogP contribution in [0.15, 0.2) is 21.2 Å². The van der Waals surface area contributed by atoms with Crippen molar-refractivity contribution in [2.75, 3.05) is 19.6 Å². The lowest BCUT2D eigenvalue weighted by Crippen LogP contribution is -2.38. The minimum Gasteiger partial charge on any atom is -0.444 e.